The highest BCUT2D eigenvalue weighted by Gasteiger charge is 2.20. The minimum Gasteiger partial charge on any atom is -0.251 e. The quantitative estimate of drug-likeness (QED) is 0.494. The molecule has 1 aromatic carbocycles. The van der Waals surface area contributed by atoms with Gasteiger partial charge >= 0.3 is 12.2 Å². The van der Waals surface area contributed by atoms with Crippen molar-refractivity contribution in [3.63, 3.8) is 0 Å². The summed E-state index contributed by atoms with van der Waals surface area (Å²) in [6.07, 6.45) is 2.44. The number of fused-ring (bicyclic) bond motifs is 1. The Balaban J connectivity index is 2.60. The molecule has 48 valence electrons. The molecule has 0 atom stereocenters. The van der Waals surface area contributed by atoms with Crippen molar-refractivity contribution in [2.45, 2.75) is 6.92 Å². The number of ether oxygens (including phenoxy) is 1. The van der Waals surface area contributed by atoms with E-state index in [-0.39, 0.29) is 0 Å². The third-order valence-electron chi connectivity index (χ3n) is 1.44. The number of aryl methyl sites for hydroxylation is 1. The molecular formula is C8H6NO+. The molecule has 10 heavy (non-hydrogen) atoms. The molecule has 1 aromatic rings. The fourth-order valence-electron chi connectivity index (χ4n) is 0.922. The van der Waals surface area contributed by atoms with E-state index in [1.165, 1.54) is 5.56 Å². The lowest BCUT2D eigenvalue weighted by Gasteiger charge is -1.85. The van der Waals surface area contributed by atoms with Gasteiger partial charge in [-0.1, -0.05) is 0 Å². The van der Waals surface area contributed by atoms with Crippen molar-refractivity contribution in [1.82, 2.24) is 0 Å². The Labute approximate surface area is 59.2 Å². The van der Waals surface area contributed by atoms with E-state index < -0.39 is 0 Å². The summed E-state index contributed by atoms with van der Waals surface area (Å²) in [5, 5.41) is 0. The van der Waals surface area contributed by atoms with Gasteiger partial charge in [-0.3, -0.25) is 4.74 Å². The van der Waals surface area contributed by atoms with Crippen LogP contribution in [0.25, 0.3) is 0 Å². The zero-order valence-electron chi connectivity index (χ0n) is 5.59. The number of nitrogens with zero attached hydrogens (tertiary/aromatic N) is 1. The smallest absolute Gasteiger partial charge is 0.251 e. The van der Waals surface area contributed by atoms with Gasteiger partial charge in [0.1, 0.15) is 0 Å². The van der Waals surface area contributed by atoms with Crippen LogP contribution in [-0.4, -0.2) is 6.40 Å². The maximum absolute atomic E-state index is 4.94. The van der Waals surface area contributed by atoms with Crippen LogP contribution in [0.1, 0.15) is 5.56 Å². The second-order valence-corrected chi connectivity index (χ2v) is 2.28. The number of hydrogen-bond acceptors (Lipinski definition) is 2. The molecule has 2 nitrogen and oxygen atoms in total. The van der Waals surface area contributed by atoms with E-state index in [0.717, 1.165) is 11.4 Å². The van der Waals surface area contributed by atoms with E-state index in [1.807, 2.05) is 25.1 Å². The highest BCUT2D eigenvalue weighted by atomic mass is 16.5. The average Bonchev–Trinajstić information content (AvgIpc) is 2.33. The van der Waals surface area contributed by atoms with Crippen molar-refractivity contribution in [2.24, 2.45) is 4.99 Å². The molecule has 2 heteroatoms. The fourth-order valence-corrected chi connectivity index (χ4v) is 0.922. The van der Waals surface area contributed by atoms with Crippen molar-refractivity contribution >= 4 is 12.1 Å². The zero-order chi connectivity index (χ0) is 6.97. The van der Waals surface area contributed by atoms with Gasteiger partial charge in [0.25, 0.3) is 5.69 Å². The third kappa shape index (κ3) is 0.668. The van der Waals surface area contributed by atoms with Crippen LogP contribution in [0.5, 0.6) is 5.75 Å². The molecule has 0 saturated heterocycles. The Kier molecular flexibility index (Phi) is 0.965. The molecule has 2 rings (SSSR count). The monoisotopic (exact) mass is 132 g/mol. The summed E-state index contributed by atoms with van der Waals surface area (Å²) in [5.74, 6) is 0.797. The Bertz CT molecular complexity index is 291. The van der Waals surface area contributed by atoms with Crippen LogP contribution in [0.3, 0.4) is 0 Å². The lowest BCUT2D eigenvalue weighted by molar-refractivity contribution is 0.593. The van der Waals surface area contributed by atoms with Gasteiger partial charge in [0.2, 0.25) is 0 Å². The van der Waals surface area contributed by atoms with E-state index in [2.05, 4.69) is 11.4 Å². The van der Waals surface area contributed by atoms with Crippen molar-refractivity contribution < 1.29 is 4.74 Å². The van der Waals surface area contributed by atoms with Gasteiger partial charge in [0.15, 0.2) is 0 Å². The number of rotatable bonds is 0. The summed E-state index contributed by atoms with van der Waals surface area (Å²) in [5.41, 5.74) is 2.06. The Hall–Kier alpha value is -1.40. The standard InChI is InChI=1S/C8H6NO/c1-6-2-3-8-7(4-6)9-5-10-8/h2-4H,1H3/q+1. The molecule has 0 N–H and O–H groups in total. The van der Waals surface area contributed by atoms with E-state index in [9.17, 15) is 0 Å². The lowest BCUT2D eigenvalue weighted by Crippen LogP contribution is -1.80. The van der Waals surface area contributed by atoms with Gasteiger partial charge in [-0.05, 0) is 23.5 Å². The van der Waals surface area contributed by atoms with E-state index in [1.54, 1.807) is 0 Å². The largest absolute Gasteiger partial charge is 0.370 e. The Morgan fingerprint density at radius 1 is 1.50 bits per heavy atom. The van der Waals surface area contributed by atoms with Crippen molar-refractivity contribution in [3.8, 4) is 5.75 Å². The molecule has 0 unspecified atom stereocenters. The minimum absolute atomic E-state index is 0.797. The first-order chi connectivity index (χ1) is 4.86. The lowest BCUT2D eigenvalue weighted by atomic mass is 10.2. The van der Waals surface area contributed by atoms with E-state index in [4.69, 9.17) is 4.74 Å². The Morgan fingerprint density at radius 2 is 2.40 bits per heavy atom. The second-order valence-electron chi connectivity index (χ2n) is 2.28. The molecule has 0 radical (unpaired) electrons. The summed E-state index contributed by atoms with van der Waals surface area (Å²) in [6, 6.07) is 5.85. The van der Waals surface area contributed by atoms with Gasteiger partial charge in [0, 0.05) is 6.07 Å². The van der Waals surface area contributed by atoms with Crippen LogP contribution >= 0.6 is 0 Å². The molecule has 0 saturated carbocycles. The van der Waals surface area contributed by atoms with Gasteiger partial charge in [0.05, 0.1) is 6.07 Å². The summed E-state index contributed by atoms with van der Waals surface area (Å²) < 4.78 is 4.94. The molecule has 1 aliphatic rings. The predicted octanol–water partition coefficient (Wildman–Crippen LogP) is 1.92. The van der Waals surface area contributed by atoms with Gasteiger partial charge < -0.3 is 0 Å². The first-order valence-corrected chi connectivity index (χ1v) is 3.09. The van der Waals surface area contributed by atoms with Gasteiger partial charge in [-0.25, -0.2) is 0 Å². The molecule has 1 aliphatic heterocycles. The van der Waals surface area contributed by atoms with Crippen LogP contribution < -0.4 is 4.74 Å². The number of hydrogen-bond donors (Lipinski definition) is 0. The van der Waals surface area contributed by atoms with Gasteiger partial charge in [-0.2, -0.15) is 0 Å². The van der Waals surface area contributed by atoms with Crippen LogP contribution in [0.15, 0.2) is 23.2 Å². The Morgan fingerprint density at radius 3 is 3.30 bits per heavy atom. The molecule has 0 aliphatic carbocycles. The van der Waals surface area contributed by atoms with Gasteiger partial charge in [-0.15, -0.1) is 0 Å². The van der Waals surface area contributed by atoms with Crippen LogP contribution in [-0.2, 0) is 0 Å². The SMILES string of the molecule is Cc1ccc2c(c1)N=[C+]O2. The summed E-state index contributed by atoms with van der Waals surface area (Å²) in [6.45, 7) is 2.02. The van der Waals surface area contributed by atoms with Crippen molar-refractivity contribution in [1.29, 1.82) is 0 Å². The molecule has 0 bridgehead atoms. The van der Waals surface area contributed by atoms with E-state index in [0.29, 0.717) is 0 Å². The zero-order valence-corrected chi connectivity index (χ0v) is 5.59. The second kappa shape index (κ2) is 1.79. The van der Waals surface area contributed by atoms with Crippen molar-refractivity contribution in [3.05, 3.63) is 23.8 Å². The average molecular weight is 132 g/mol. The normalized spacial score (nSPS) is 12.1. The van der Waals surface area contributed by atoms with Crippen LogP contribution in [0.2, 0.25) is 0 Å². The topological polar surface area (TPSA) is 21.6 Å². The molecule has 0 aromatic heterocycles. The molecule has 0 amide bonds. The number of benzene rings is 1. The molecule has 0 fully saturated rings. The fraction of sp³-hybridized carbons (Fsp3) is 0.125. The third-order valence-corrected chi connectivity index (χ3v) is 1.44. The molecule has 1 heterocycles. The molecule has 0 spiro atoms. The summed E-state index contributed by atoms with van der Waals surface area (Å²) >= 11 is 0. The first-order valence-electron chi connectivity index (χ1n) is 3.09. The van der Waals surface area contributed by atoms with E-state index >= 15 is 0 Å². The maximum Gasteiger partial charge on any atom is 0.370 e. The highest BCUT2D eigenvalue weighted by Crippen LogP contribution is 2.30. The maximum atomic E-state index is 4.94. The minimum atomic E-state index is 0.797. The van der Waals surface area contributed by atoms with Crippen LogP contribution in [0.4, 0.5) is 5.69 Å². The van der Waals surface area contributed by atoms with Crippen molar-refractivity contribution in [2.75, 3.05) is 0 Å². The first kappa shape index (κ1) is 5.39. The van der Waals surface area contributed by atoms with Crippen LogP contribution in [0, 0.1) is 6.92 Å². The number of aliphatic imine (C=N–C) groups is 1. The summed E-state index contributed by atoms with van der Waals surface area (Å²) in [7, 11) is 0. The predicted molar refractivity (Wildman–Crippen MR) is 38.9 cm³/mol. The highest BCUT2D eigenvalue weighted by molar-refractivity contribution is 5.71. The molecular weight excluding hydrogens is 126 g/mol. The summed E-state index contributed by atoms with van der Waals surface area (Å²) in [4.78, 5) is 3.89.